The molecule has 1 aliphatic heterocycles. The molecule has 148 valence electrons. The topological polar surface area (TPSA) is 62.3 Å². The molecule has 0 radical (unpaired) electrons. The number of aromatic nitrogens is 1. The van der Waals surface area contributed by atoms with Gasteiger partial charge in [0.1, 0.15) is 0 Å². The van der Waals surface area contributed by atoms with E-state index in [1.54, 1.807) is 18.0 Å². The number of carbonyl (C=O) groups excluding carboxylic acids is 2. The minimum Gasteiger partial charge on any atom is -0.353 e. The molecule has 1 fully saturated rings. The molecule has 1 N–H and O–H groups in total. The fourth-order valence-electron chi connectivity index (χ4n) is 3.29. The van der Waals surface area contributed by atoms with Crippen LogP contribution in [-0.2, 0) is 21.8 Å². The molecule has 28 heavy (non-hydrogen) atoms. The zero-order valence-electron chi connectivity index (χ0n) is 16.0. The minimum absolute atomic E-state index is 0.0968. The van der Waals surface area contributed by atoms with Crippen LogP contribution < -0.4 is 5.32 Å². The monoisotopic (exact) mass is 397 g/mol. The van der Waals surface area contributed by atoms with Gasteiger partial charge in [0.05, 0.1) is 11.4 Å². The zero-order valence-corrected chi connectivity index (χ0v) is 16.9. The Morgan fingerprint density at radius 3 is 2.54 bits per heavy atom. The lowest BCUT2D eigenvalue weighted by atomic mass is 10.0. The highest BCUT2D eigenvalue weighted by molar-refractivity contribution is 7.99. The standard InChI is InChI=1S/C22H27N3O2S/c26-21(10-9-18-6-2-1-3-7-18)24-19-11-14-25(15-12-19)22(27)17-28-16-20-8-4-5-13-23-20/h1-8,13,19H,9-12,14-17H2,(H,24,26). The number of carbonyl (C=O) groups is 2. The first-order valence-electron chi connectivity index (χ1n) is 9.79. The average molecular weight is 398 g/mol. The second-order valence-electron chi connectivity index (χ2n) is 7.02. The van der Waals surface area contributed by atoms with E-state index in [1.165, 1.54) is 5.56 Å². The quantitative estimate of drug-likeness (QED) is 0.744. The van der Waals surface area contributed by atoms with E-state index in [9.17, 15) is 9.59 Å². The van der Waals surface area contributed by atoms with E-state index < -0.39 is 0 Å². The molecule has 3 rings (SSSR count). The van der Waals surface area contributed by atoms with Gasteiger partial charge in [-0.3, -0.25) is 14.6 Å². The Bertz CT molecular complexity index is 747. The summed E-state index contributed by atoms with van der Waals surface area (Å²) in [5, 5.41) is 3.12. The number of pyridine rings is 1. The number of nitrogens with zero attached hydrogens (tertiary/aromatic N) is 2. The second-order valence-corrected chi connectivity index (χ2v) is 8.01. The van der Waals surface area contributed by atoms with Gasteiger partial charge < -0.3 is 10.2 Å². The summed E-state index contributed by atoms with van der Waals surface area (Å²) in [6, 6.07) is 16.1. The summed E-state index contributed by atoms with van der Waals surface area (Å²) in [7, 11) is 0. The summed E-state index contributed by atoms with van der Waals surface area (Å²) in [5.74, 6) is 1.50. The van der Waals surface area contributed by atoms with Gasteiger partial charge in [-0.2, -0.15) is 0 Å². The Morgan fingerprint density at radius 1 is 1.07 bits per heavy atom. The molecule has 1 aromatic carbocycles. The zero-order chi connectivity index (χ0) is 19.6. The van der Waals surface area contributed by atoms with Crippen molar-refractivity contribution in [3.8, 4) is 0 Å². The maximum atomic E-state index is 12.4. The number of aryl methyl sites for hydroxylation is 1. The van der Waals surface area contributed by atoms with Gasteiger partial charge in [0.25, 0.3) is 0 Å². The fraction of sp³-hybridized carbons (Fsp3) is 0.409. The lowest BCUT2D eigenvalue weighted by molar-refractivity contribution is -0.129. The molecule has 0 unspecified atom stereocenters. The summed E-state index contributed by atoms with van der Waals surface area (Å²) in [5.41, 5.74) is 2.18. The molecular formula is C22H27N3O2S. The number of nitrogens with one attached hydrogen (secondary N) is 1. The van der Waals surface area contributed by atoms with Gasteiger partial charge in [-0.05, 0) is 37.0 Å². The van der Waals surface area contributed by atoms with Crippen molar-refractivity contribution in [3.05, 3.63) is 66.0 Å². The molecular weight excluding hydrogens is 370 g/mol. The third-order valence-electron chi connectivity index (χ3n) is 4.90. The highest BCUT2D eigenvalue weighted by atomic mass is 32.2. The highest BCUT2D eigenvalue weighted by Crippen LogP contribution is 2.15. The van der Waals surface area contributed by atoms with Gasteiger partial charge in [0.15, 0.2) is 0 Å². The Kier molecular flexibility index (Phi) is 7.91. The van der Waals surface area contributed by atoms with Gasteiger partial charge in [0.2, 0.25) is 11.8 Å². The molecule has 0 bridgehead atoms. The van der Waals surface area contributed by atoms with Crippen LogP contribution in [0.3, 0.4) is 0 Å². The average Bonchev–Trinajstić information content (AvgIpc) is 2.74. The molecule has 0 saturated carbocycles. The molecule has 0 atom stereocenters. The van der Waals surface area contributed by atoms with Crippen molar-refractivity contribution in [2.24, 2.45) is 0 Å². The summed E-state index contributed by atoms with van der Waals surface area (Å²) >= 11 is 1.60. The van der Waals surface area contributed by atoms with E-state index in [0.717, 1.165) is 30.7 Å². The molecule has 1 saturated heterocycles. The first-order chi connectivity index (χ1) is 13.7. The number of likely N-dealkylation sites (tertiary alicyclic amines) is 1. The van der Waals surface area contributed by atoms with E-state index in [2.05, 4.69) is 10.3 Å². The van der Waals surface area contributed by atoms with Crippen molar-refractivity contribution >= 4 is 23.6 Å². The van der Waals surface area contributed by atoms with E-state index in [0.29, 0.717) is 25.3 Å². The maximum absolute atomic E-state index is 12.4. The number of rotatable bonds is 8. The normalized spacial score (nSPS) is 14.6. The Morgan fingerprint density at radius 2 is 1.82 bits per heavy atom. The Hall–Kier alpha value is -2.34. The SMILES string of the molecule is O=C(CCc1ccccc1)NC1CCN(C(=O)CSCc2ccccn2)CC1. The first-order valence-corrected chi connectivity index (χ1v) is 10.9. The van der Waals surface area contributed by atoms with Gasteiger partial charge in [-0.1, -0.05) is 36.4 Å². The third kappa shape index (κ3) is 6.68. The largest absolute Gasteiger partial charge is 0.353 e. The van der Waals surface area contributed by atoms with Crippen LogP contribution in [-0.4, -0.2) is 46.6 Å². The van der Waals surface area contributed by atoms with Crippen LogP contribution in [0.2, 0.25) is 0 Å². The molecule has 5 nitrogen and oxygen atoms in total. The summed E-state index contributed by atoms with van der Waals surface area (Å²) in [6.07, 6.45) is 4.70. The number of amides is 2. The van der Waals surface area contributed by atoms with Crippen LogP contribution in [0, 0.1) is 0 Å². The van der Waals surface area contributed by atoms with Gasteiger partial charge >= 0.3 is 0 Å². The molecule has 0 spiro atoms. The number of thioether (sulfide) groups is 1. The number of hydrogen-bond donors (Lipinski definition) is 1. The van der Waals surface area contributed by atoms with Crippen LogP contribution in [0.5, 0.6) is 0 Å². The van der Waals surface area contributed by atoms with E-state index in [-0.39, 0.29) is 17.9 Å². The number of hydrogen-bond acceptors (Lipinski definition) is 4. The second kappa shape index (κ2) is 10.9. The summed E-state index contributed by atoms with van der Waals surface area (Å²) < 4.78 is 0. The Labute approximate surface area is 170 Å². The van der Waals surface area contributed by atoms with Gasteiger partial charge in [-0.25, -0.2) is 0 Å². The summed E-state index contributed by atoms with van der Waals surface area (Å²) in [4.78, 5) is 30.7. The molecule has 1 aromatic heterocycles. The van der Waals surface area contributed by atoms with Crippen molar-refractivity contribution < 1.29 is 9.59 Å². The van der Waals surface area contributed by atoms with E-state index >= 15 is 0 Å². The molecule has 2 aromatic rings. The molecule has 2 heterocycles. The number of benzene rings is 1. The van der Waals surface area contributed by atoms with Crippen LogP contribution in [0.4, 0.5) is 0 Å². The van der Waals surface area contributed by atoms with E-state index in [4.69, 9.17) is 0 Å². The molecule has 1 aliphatic rings. The predicted molar refractivity (Wildman–Crippen MR) is 113 cm³/mol. The lowest BCUT2D eigenvalue weighted by Crippen LogP contribution is -2.47. The van der Waals surface area contributed by atoms with E-state index in [1.807, 2.05) is 53.4 Å². The predicted octanol–water partition coefficient (Wildman–Crippen LogP) is 3.05. The van der Waals surface area contributed by atoms with Crippen LogP contribution in [0.1, 0.15) is 30.5 Å². The van der Waals surface area contributed by atoms with Crippen molar-refractivity contribution in [1.29, 1.82) is 0 Å². The smallest absolute Gasteiger partial charge is 0.232 e. The minimum atomic E-state index is 0.0968. The maximum Gasteiger partial charge on any atom is 0.232 e. The van der Waals surface area contributed by atoms with Crippen molar-refractivity contribution in [1.82, 2.24) is 15.2 Å². The lowest BCUT2D eigenvalue weighted by Gasteiger charge is -2.32. The fourth-order valence-corrected chi connectivity index (χ4v) is 4.13. The summed E-state index contributed by atoms with van der Waals surface area (Å²) in [6.45, 7) is 1.43. The molecule has 6 heteroatoms. The van der Waals surface area contributed by atoms with Gasteiger partial charge in [-0.15, -0.1) is 11.8 Å². The van der Waals surface area contributed by atoms with Crippen molar-refractivity contribution in [2.45, 2.75) is 37.5 Å². The highest BCUT2D eigenvalue weighted by Gasteiger charge is 2.23. The first kappa shape index (κ1) is 20.4. The number of piperidine rings is 1. The molecule has 0 aliphatic carbocycles. The van der Waals surface area contributed by atoms with Crippen LogP contribution in [0.25, 0.3) is 0 Å². The third-order valence-corrected chi connectivity index (χ3v) is 5.85. The Balaban J connectivity index is 1.31. The molecule has 2 amide bonds. The van der Waals surface area contributed by atoms with Crippen molar-refractivity contribution in [3.63, 3.8) is 0 Å². The van der Waals surface area contributed by atoms with Crippen LogP contribution in [0.15, 0.2) is 54.7 Å². The van der Waals surface area contributed by atoms with Crippen molar-refractivity contribution in [2.75, 3.05) is 18.8 Å². The van der Waals surface area contributed by atoms with Crippen LogP contribution >= 0.6 is 11.8 Å². The van der Waals surface area contributed by atoms with Gasteiger partial charge in [0, 0.05) is 37.5 Å².